The molecule has 0 saturated carbocycles. The van der Waals surface area contributed by atoms with Crippen molar-refractivity contribution in [3.05, 3.63) is 162 Å². The molecule has 0 radical (unpaired) electrons. The van der Waals surface area contributed by atoms with Gasteiger partial charge in [-0.15, -0.1) is 11.8 Å². The van der Waals surface area contributed by atoms with Crippen LogP contribution in [-0.4, -0.2) is 32.8 Å². The monoisotopic (exact) mass is 667 g/mol. The third kappa shape index (κ3) is 7.58. The van der Waals surface area contributed by atoms with E-state index in [1.165, 1.54) is 11.1 Å². The Balaban J connectivity index is 1.08. The number of benzene rings is 5. The molecule has 1 aliphatic heterocycles. The number of ether oxygens (including phenoxy) is 2. The summed E-state index contributed by atoms with van der Waals surface area (Å²) in [4.78, 5) is 23.1. The van der Waals surface area contributed by atoms with E-state index in [4.69, 9.17) is 9.47 Å². The second kappa shape index (κ2) is 15.1. The third-order valence-electron chi connectivity index (χ3n) is 8.91. The van der Waals surface area contributed by atoms with Crippen molar-refractivity contribution in [1.29, 1.82) is 0 Å². The molecule has 5 aromatic carbocycles. The first-order chi connectivity index (χ1) is 24.1. The molecule has 7 rings (SSSR count). The Morgan fingerprint density at radius 2 is 1.49 bits per heavy atom. The van der Waals surface area contributed by atoms with E-state index in [2.05, 4.69) is 76.8 Å². The van der Waals surface area contributed by atoms with Gasteiger partial charge in [-0.2, -0.15) is 0 Å². The second-order valence-corrected chi connectivity index (χ2v) is 13.2. The maximum atomic E-state index is 13.0. The molecule has 1 fully saturated rings. The molecular formula is C41H37N3O4S. The number of amides is 1. The molecule has 8 heteroatoms. The van der Waals surface area contributed by atoms with E-state index in [1.807, 2.05) is 72.8 Å². The summed E-state index contributed by atoms with van der Waals surface area (Å²) in [5.74, 6) is 0.622. The minimum absolute atomic E-state index is 0.00438. The van der Waals surface area contributed by atoms with Gasteiger partial charge in [0, 0.05) is 28.7 Å². The predicted molar refractivity (Wildman–Crippen MR) is 193 cm³/mol. The number of aliphatic hydroxyl groups is 1. The fourth-order valence-corrected chi connectivity index (χ4v) is 7.20. The molecule has 1 saturated heterocycles. The van der Waals surface area contributed by atoms with E-state index in [-0.39, 0.29) is 36.3 Å². The van der Waals surface area contributed by atoms with Crippen LogP contribution in [0.3, 0.4) is 0 Å². The van der Waals surface area contributed by atoms with Gasteiger partial charge in [-0.1, -0.05) is 110 Å². The van der Waals surface area contributed by atoms with Crippen molar-refractivity contribution in [3.8, 4) is 11.1 Å². The summed E-state index contributed by atoms with van der Waals surface area (Å²) in [6.45, 7) is 2.53. The first kappa shape index (κ1) is 32.7. The number of nitrogens with one attached hydrogen (secondary N) is 1. The Kier molecular flexibility index (Phi) is 10.1. The van der Waals surface area contributed by atoms with Crippen LogP contribution in [0.4, 0.5) is 0 Å². The zero-order valence-electron chi connectivity index (χ0n) is 27.1. The molecular weight excluding hydrogens is 631 g/mol. The Morgan fingerprint density at radius 3 is 2.27 bits per heavy atom. The lowest BCUT2D eigenvalue weighted by atomic mass is 9.91. The molecule has 2 N–H and O–H groups in total. The van der Waals surface area contributed by atoms with Crippen molar-refractivity contribution in [1.82, 2.24) is 15.3 Å². The highest BCUT2D eigenvalue weighted by Gasteiger charge is 2.38. The lowest BCUT2D eigenvalue weighted by Crippen LogP contribution is -2.38. The van der Waals surface area contributed by atoms with E-state index in [1.54, 1.807) is 11.8 Å². The first-order valence-electron chi connectivity index (χ1n) is 16.4. The van der Waals surface area contributed by atoms with Crippen LogP contribution in [0.25, 0.3) is 22.2 Å². The Morgan fingerprint density at radius 1 is 0.796 bits per heavy atom. The number of nitrogens with zero attached hydrogens (tertiary/aromatic N) is 2. The number of thioether (sulfide) groups is 1. The molecule has 6 aromatic rings. The van der Waals surface area contributed by atoms with Gasteiger partial charge in [0.15, 0.2) is 6.29 Å². The minimum atomic E-state index is -0.549. The van der Waals surface area contributed by atoms with Gasteiger partial charge in [-0.3, -0.25) is 9.78 Å². The van der Waals surface area contributed by atoms with Crippen LogP contribution in [0.1, 0.15) is 52.1 Å². The fourth-order valence-electron chi connectivity index (χ4n) is 6.11. The van der Waals surface area contributed by atoms with Gasteiger partial charge < -0.3 is 19.9 Å². The molecule has 0 bridgehead atoms. The van der Waals surface area contributed by atoms with Crippen LogP contribution in [0, 0.1) is 5.92 Å². The van der Waals surface area contributed by atoms with E-state index in [9.17, 15) is 9.90 Å². The van der Waals surface area contributed by atoms with Gasteiger partial charge >= 0.3 is 0 Å². The molecule has 1 amide bonds. The Bertz CT molecular complexity index is 2020. The van der Waals surface area contributed by atoms with Crippen molar-refractivity contribution >= 4 is 28.7 Å². The van der Waals surface area contributed by atoms with Gasteiger partial charge in [0.25, 0.3) is 5.91 Å². The number of carbonyl (C=O) groups excluding carboxylic acids is 1. The van der Waals surface area contributed by atoms with E-state index >= 15 is 0 Å². The summed E-state index contributed by atoms with van der Waals surface area (Å²) in [7, 11) is 0. The molecule has 4 atom stereocenters. The number of carbonyl (C=O) groups is 1. The van der Waals surface area contributed by atoms with Crippen LogP contribution in [-0.2, 0) is 22.6 Å². The average molecular weight is 668 g/mol. The molecule has 2 heterocycles. The van der Waals surface area contributed by atoms with Crippen molar-refractivity contribution in [3.63, 3.8) is 0 Å². The number of aliphatic hydroxyl groups excluding tert-OH is 1. The van der Waals surface area contributed by atoms with Crippen molar-refractivity contribution in [2.45, 2.75) is 43.5 Å². The SMILES string of the molecule is C[C@H]1[C@@H](CSc2ccccc2)O[C@@H](c2ccc(-c3ccccc3CNC(=O)c3cnc4ccccc4n3)cc2)O[C@H]1c1ccc(CO)cc1. The third-order valence-corrected chi connectivity index (χ3v) is 10.0. The summed E-state index contributed by atoms with van der Waals surface area (Å²) in [6, 6.07) is 42.2. The molecule has 0 spiro atoms. The summed E-state index contributed by atoms with van der Waals surface area (Å²) in [5.41, 5.74) is 7.62. The number of rotatable bonds is 10. The lowest BCUT2D eigenvalue weighted by Gasteiger charge is -2.41. The molecule has 49 heavy (non-hydrogen) atoms. The van der Waals surface area contributed by atoms with Crippen molar-refractivity contribution < 1.29 is 19.4 Å². The van der Waals surface area contributed by atoms with Crippen LogP contribution < -0.4 is 5.32 Å². The predicted octanol–water partition coefficient (Wildman–Crippen LogP) is 8.30. The lowest BCUT2D eigenvalue weighted by molar-refractivity contribution is -0.268. The number of hydrogen-bond acceptors (Lipinski definition) is 7. The highest BCUT2D eigenvalue weighted by Crippen LogP contribution is 2.43. The van der Waals surface area contributed by atoms with E-state index < -0.39 is 6.29 Å². The molecule has 0 unspecified atom stereocenters. The topological polar surface area (TPSA) is 93.6 Å². The number of aromatic nitrogens is 2. The average Bonchev–Trinajstić information content (AvgIpc) is 3.17. The molecule has 7 nitrogen and oxygen atoms in total. The van der Waals surface area contributed by atoms with Crippen LogP contribution >= 0.6 is 11.8 Å². The molecule has 1 aromatic heterocycles. The van der Waals surface area contributed by atoms with Crippen molar-refractivity contribution in [2.24, 2.45) is 5.92 Å². The molecule has 1 aliphatic rings. The van der Waals surface area contributed by atoms with Crippen molar-refractivity contribution in [2.75, 3.05) is 5.75 Å². The normalized spacial score (nSPS) is 19.1. The molecule has 0 aliphatic carbocycles. The largest absolute Gasteiger partial charge is 0.392 e. The zero-order chi connectivity index (χ0) is 33.6. The summed E-state index contributed by atoms with van der Waals surface area (Å²) in [6.07, 6.45) is 0.733. The summed E-state index contributed by atoms with van der Waals surface area (Å²) in [5, 5.41) is 12.6. The standard InChI is InChI=1S/C41H37N3O4S/c1-27-38(26-49-33-10-3-2-4-11-33)47-41(48-39(27)30-17-15-28(25-45)16-18-30)31-21-19-29(20-22-31)34-12-6-5-9-32(34)23-43-40(46)37-24-42-35-13-7-8-14-36(35)44-37/h2-22,24,27,38-39,41,45H,23,25-26H2,1H3,(H,43,46)/t27-,38+,39+,41+/m0/s1. The number of fused-ring (bicyclic) bond motifs is 1. The maximum Gasteiger partial charge on any atom is 0.271 e. The maximum absolute atomic E-state index is 13.0. The van der Waals surface area contributed by atoms with Gasteiger partial charge in [0.2, 0.25) is 0 Å². The quantitative estimate of drug-likeness (QED) is 0.142. The second-order valence-electron chi connectivity index (χ2n) is 12.2. The molecule has 246 valence electrons. The van der Waals surface area contributed by atoms with E-state index in [0.717, 1.165) is 44.7 Å². The van der Waals surface area contributed by atoms with Gasteiger partial charge in [0.1, 0.15) is 5.69 Å². The van der Waals surface area contributed by atoms with Crippen LogP contribution in [0.15, 0.2) is 138 Å². The fraction of sp³-hybridized carbons (Fsp3) is 0.195. The van der Waals surface area contributed by atoms with Gasteiger partial charge in [-0.25, -0.2) is 4.98 Å². The summed E-state index contributed by atoms with van der Waals surface area (Å²) < 4.78 is 13.3. The van der Waals surface area contributed by atoms with Gasteiger partial charge in [0.05, 0.1) is 36.0 Å². The smallest absolute Gasteiger partial charge is 0.271 e. The Labute approximate surface area is 290 Å². The highest BCUT2D eigenvalue weighted by molar-refractivity contribution is 7.99. The number of para-hydroxylation sites is 2. The minimum Gasteiger partial charge on any atom is -0.392 e. The van der Waals surface area contributed by atoms with Gasteiger partial charge in [-0.05, 0) is 52.1 Å². The highest BCUT2D eigenvalue weighted by atomic mass is 32.2. The van der Waals surface area contributed by atoms with E-state index in [0.29, 0.717) is 12.1 Å². The van der Waals surface area contributed by atoms with Crippen LogP contribution in [0.5, 0.6) is 0 Å². The Hall–Kier alpha value is -4.86. The number of hydrogen-bond donors (Lipinski definition) is 2. The van der Waals surface area contributed by atoms with Crippen LogP contribution in [0.2, 0.25) is 0 Å². The zero-order valence-corrected chi connectivity index (χ0v) is 27.9. The first-order valence-corrected chi connectivity index (χ1v) is 17.4. The summed E-state index contributed by atoms with van der Waals surface area (Å²) >= 11 is 1.79.